The molecule has 0 aliphatic heterocycles. The normalized spacial score (nSPS) is 14.1. The number of aromatic nitrogens is 2. The van der Waals surface area contributed by atoms with Gasteiger partial charge in [-0.25, -0.2) is 9.97 Å². The van der Waals surface area contributed by atoms with Crippen LogP contribution >= 0.6 is 11.6 Å². The van der Waals surface area contributed by atoms with Gasteiger partial charge in [-0.15, -0.1) is 0 Å². The molecule has 0 atom stereocenters. The maximum absolute atomic E-state index is 12.8. The zero-order valence-corrected chi connectivity index (χ0v) is 20.6. The van der Waals surface area contributed by atoms with E-state index >= 15 is 0 Å². The maximum Gasteiger partial charge on any atom is 0.255 e. The SMILES string of the molecule is CN(c1cc(Cl)nc(Cc2ccc(NC(=O)c3ccc4ccccc4c3)cc2)n1)C1CCCCC1. The van der Waals surface area contributed by atoms with Crippen molar-refractivity contribution < 1.29 is 4.79 Å². The molecule has 1 amide bonds. The summed E-state index contributed by atoms with van der Waals surface area (Å²) in [7, 11) is 2.10. The third-order valence-electron chi connectivity index (χ3n) is 6.80. The first-order chi connectivity index (χ1) is 17.0. The van der Waals surface area contributed by atoms with E-state index in [0.29, 0.717) is 29.0 Å². The predicted octanol–water partition coefficient (Wildman–Crippen LogP) is 6.90. The van der Waals surface area contributed by atoms with Crippen LogP contribution in [0.2, 0.25) is 5.15 Å². The molecule has 0 radical (unpaired) electrons. The van der Waals surface area contributed by atoms with Crippen molar-refractivity contribution in [2.45, 2.75) is 44.6 Å². The number of benzene rings is 3. The number of fused-ring (bicyclic) bond motifs is 1. The molecule has 1 saturated carbocycles. The third-order valence-corrected chi connectivity index (χ3v) is 6.99. The second-order valence-electron chi connectivity index (χ2n) is 9.26. The standard InChI is InChI=1S/C29H29ClN4O/c1-34(25-9-3-2-4-10-25)28-19-26(30)32-27(33-28)17-20-11-15-24(16-12-20)31-29(35)23-14-13-21-7-5-6-8-22(21)18-23/h5-8,11-16,18-19,25H,2-4,9-10,17H2,1H3,(H,31,35). The number of anilines is 2. The number of nitrogens with one attached hydrogen (secondary N) is 1. The minimum Gasteiger partial charge on any atom is -0.357 e. The minimum absolute atomic E-state index is 0.128. The van der Waals surface area contributed by atoms with Crippen LogP contribution in [0.5, 0.6) is 0 Å². The first-order valence-electron chi connectivity index (χ1n) is 12.2. The number of nitrogens with zero attached hydrogens (tertiary/aromatic N) is 3. The van der Waals surface area contributed by atoms with Crippen molar-refractivity contribution in [2.24, 2.45) is 0 Å². The summed E-state index contributed by atoms with van der Waals surface area (Å²) < 4.78 is 0. The summed E-state index contributed by atoms with van der Waals surface area (Å²) in [5.74, 6) is 1.45. The fourth-order valence-corrected chi connectivity index (χ4v) is 4.98. The first kappa shape index (κ1) is 23.3. The van der Waals surface area contributed by atoms with E-state index in [-0.39, 0.29) is 5.91 Å². The van der Waals surface area contributed by atoms with Crippen LogP contribution in [-0.4, -0.2) is 29.0 Å². The molecule has 1 aromatic heterocycles. The average molecular weight is 485 g/mol. The molecule has 0 bridgehead atoms. The molecule has 3 aromatic carbocycles. The van der Waals surface area contributed by atoms with Crippen molar-refractivity contribution in [1.82, 2.24) is 9.97 Å². The molecule has 1 fully saturated rings. The van der Waals surface area contributed by atoms with Gasteiger partial charge in [0.15, 0.2) is 0 Å². The van der Waals surface area contributed by atoms with Crippen molar-refractivity contribution in [2.75, 3.05) is 17.3 Å². The average Bonchev–Trinajstić information content (AvgIpc) is 2.89. The quantitative estimate of drug-likeness (QED) is 0.302. The van der Waals surface area contributed by atoms with E-state index in [4.69, 9.17) is 16.6 Å². The molecular weight excluding hydrogens is 456 g/mol. The molecule has 1 N–H and O–H groups in total. The molecule has 0 unspecified atom stereocenters. The lowest BCUT2D eigenvalue weighted by Crippen LogP contribution is -2.34. The first-order valence-corrected chi connectivity index (χ1v) is 12.6. The van der Waals surface area contributed by atoms with E-state index in [1.807, 2.05) is 72.8 Å². The van der Waals surface area contributed by atoms with Crippen LogP contribution in [0.15, 0.2) is 72.8 Å². The summed E-state index contributed by atoms with van der Waals surface area (Å²) in [6, 6.07) is 23.9. The van der Waals surface area contributed by atoms with Crippen LogP contribution in [-0.2, 0) is 6.42 Å². The van der Waals surface area contributed by atoms with Crippen molar-refractivity contribution in [3.63, 3.8) is 0 Å². The van der Waals surface area contributed by atoms with Gasteiger partial charge in [-0.1, -0.05) is 73.3 Å². The van der Waals surface area contributed by atoms with Crippen LogP contribution in [0.1, 0.15) is 53.8 Å². The Morgan fingerprint density at radius 1 is 0.943 bits per heavy atom. The molecule has 5 rings (SSSR count). The molecule has 35 heavy (non-hydrogen) atoms. The van der Waals surface area contributed by atoms with Gasteiger partial charge in [0, 0.05) is 36.8 Å². The molecule has 6 heteroatoms. The molecule has 0 saturated heterocycles. The number of hydrogen-bond donors (Lipinski definition) is 1. The van der Waals surface area contributed by atoms with Crippen molar-refractivity contribution >= 4 is 39.8 Å². The Morgan fingerprint density at radius 3 is 2.46 bits per heavy atom. The van der Waals surface area contributed by atoms with Gasteiger partial charge in [-0.2, -0.15) is 0 Å². The lowest BCUT2D eigenvalue weighted by molar-refractivity contribution is 0.102. The number of rotatable bonds is 6. The summed E-state index contributed by atoms with van der Waals surface area (Å²) in [5.41, 5.74) is 2.44. The Hall–Kier alpha value is -3.44. The fourth-order valence-electron chi connectivity index (χ4n) is 4.79. The van der Waals surface area contributed by atoms with E-state index in [0.717, 1.165) is 27.8 Å². The van der Waals surface area contributed by atoms with Gasteiger partial charge in [0.25, 0.3) is 5.91 Å². The maximum atomic E-state index is 12.8. The van der Waals surface area contributed by atoms with Crippen LogP contribution in [0.4, 0.5) is 11.5 Å². The van der Waals surface area contributed by atoms with Gasteiger partial charge in [0.2, 0.25) is 0 Å². The topological polar surface area (TPSA) is 58.1 Å². The summed E-state index contributed by atoms with van der Waals surface area (Å²) in [4.78, 5) is 24.3. The highest BCUT2D eigenvalue weighted by Gasteiger charge is 2.20. The summed E-state index contributed by atoms with van der Waals surface area (Å²) >= 11 is 6.35. The zero-order valence-electron chi connectivity index (χ0n) is 19.9. The molecule has 1 aliphatic carbocycles. The van der Waals surface area contributed by atoms with Crippen LogP contribution in [0, 0.1) is 0 Å². The van der Waals surface area contributed by atoms with Gasteiger partial charge in [-0.3, -0.25) is 4.79 Å². The van der Waals surface area contributed by atoms with E-state index in [9.17, 15) is 4.79 Å². The molecular formula is C29H29ClN4O. The Bertz CT molecular complexity index is 1330. The van der Waals surface area contributed by atoms with Crippen molar-refractivity contribution in [1.29, 1.82) is 0 Å². The van der Waals surface area contributed by atoms with E-state index in [1.165, 1.54) is 32.1 Å². The second-order valence-corrected chi connectivity index (χ2v) is 9.64. The number of carbonyl (C=O) groups is 1. The second kappa shape index (κ2) is 10.4. The van der Waals surface area contributed by atoms with Crippen LogP contribution in [0.3, 0.4) is 0 Å². The lowest BCUT2D eigenvalue weighted by Gasteiger charge is -2.32. The number of hydrogen-bond acceptors (Lipinski definition) is 4. The highest BCUT2D eigenvalue weighted by Crippen LogP contribution is 2.26. The highest BCUT2D eigenvalue weighted by atomic mass is 35.5. The number of amides is 1. The van der Waals surface area contributed by atoms with Crippen LogP contribution < -0.4 is 10.2 Å². The molecule has 5 nitrogen and oxygen atoms in total. The fraction of sp³-hybridized carbons (Fsp3) is 0.276. The van der Waals surface area contributed by atoms with Crippen molar-refractivity contribution in [3.8, 4) is 0 Å². The minimum atomic E-state index is -0.128. The van der Waals surface area contributed by atoms with Gasteiger partial charge in [0.05, 0.1) is 0 Å². The number of halogens is 1. The predicted molar refractivity (Wildman–Crippen MR) is 143 cm³/mol. The number of carbonyl (C=O) groups excluding carboxylic acids is 1. The monoisotopic (exact) mass is 484 g/mol. The van der Waals surface area contributed by atoms with Gasteiger partial charge in [-0.05, 0) is 53.4 Å². The molecule has 178 valence electrons. The van der Waals surface area contributed by atoms with Gasteiger partial charge >= 0.3 is 0 Å². The van der Waals surface area contributed by atoms with Gasteiger partial charge in [0.1, 0.15) is 16.8 Å². The lowest BCUT2D eigenvalue weighted by atomic mass is 9.94. The van der Waals surface area contributed by atoms with Gasteiger partial charge < -0.3 is 10.2 Å². The Labute approximate surface area is 211 Å². The van der Waals surface area contributed by atoms with E-state index in [1.54, 1.807) is 0 Å². The van der Waals surface area contributed by atoms with Crippen LogP contribution in [0.25, 0.3) is 10.8 Å². The smallest absolute Gasteiger partial charge is 0.255 e. The summed E-state index contributed by atoms with van der Waals surface area (Å²) in [6.45, 7) is 0. The Morgan fingerprint density at radius 2 is 1.69 bits per heavy atom. The Kier molecular flexibility index (Phi) is 6.96. The Balaban J connectivity index is 1.25. The molecule has 0 spiro atoms. The van der Waals surface area contributed by atoms with E-state index in [2.05, 4.69) is 22.2 Å². The summed E-state index contributed by atoms with van der Waals surface area (Å²) in [6.07, 6.45) is 6.82. The summed E-state index contributed by atoms with van der Waals surface area (Å²) in [5, 5.41) is 5.61. The highest BCUT2D eigenvalue weighted by molar-refractivity contribution is 6.29. The van der Waals surface area contributed by atoms with Crippen molar-refractivity contribution in [3.05, 3.63) is 94.9 Å². The molecule has 1 heterocycles. The zero-order chi connectivity index (χ0) is 24.2. The third kappa shape index (κ3) is 5.63. The molecule has 1 aliphatic rings. The van der Waals surface area contributed by atoms with E-state index < -0.39 is 0 Å². The molecule has 4 aromatic rings. The largest absolute Gasteiger partial charge is 0.357 e.